The Bertz CT molecular complexity index is 15.5. The lowest BCUT2D eigenvalue weighted by Crippen LogP contribution is -1.87. The van der Waals surface area contributed by atoms with E-state index < -0.39 is 0 Å². The van der Waals surface area contributed by atoms with Crippen LogP contribution in [0.1, 0.15) is 39.5 Å². The fraction of sp³-hybridized carbons (Fsp3) is 0.857. The first kappa shape index (κ1) is 7.00. The molecule has 0 bridgehead atoms. The highest BCUT2D eigenvalue weighted by Crippen LogP contribution is 2.14. The normalized spacial score (nSPS) is 20.6. The van der Waals surface area contributed by atoms with Crippen molar-refractivity contribution < 1.29 is 0 Å². The van der Waals surface area contributed by atoms with Crippen molar-refractivity contribution in [3.8, 4) is 0 Å². The van der Waals surface area contributed by atoms with E-state index in [0.717, 1.165) is 0 Å². The molecule has 1 fully saturated rings. The van der Waals surface area contributed by atoms with Gasteiger partial charge in [-0.3, -0.25) is 0 Å². The predicted octanol–water partition coefficient (Wildman–Crippen LogP) is 2.79. The van der Waals surface area contributed by atoms with Gasteiger partial charge in [0.05, 0.1) is 0 Å². The van der Waals surface area contributed by atoms with Gasteiger partial charge in [0.15, 0.2) is 0 Å². The molecule has 0 saturated heterocycles. The molecule has 0 aromatic heterocycles. The van der Waals surface area contributed by atoms with Crippen LogP contribution in [0, 0.1) is 6.42 Å². The van der Waals surface area contributed by atoms with E-state index in [2.05, 4.69) is 6.42 Å². The zero-order valence-electron chi connectivity index (χ0n) is 4.11. The minimum atomic E-state index is 0. The summed E-state index contributed by atoms with van der Waals surface area (Å²) in [5.74, 6) is 0. The molecule has 0 heterocycles. The van der Waals surface area contributed by atoms with E-state index in [1.54, 1.807) is 0 Å². The summed E-state index contributed by atoms with van der Waals surface area (Å²) in [5, 5.41) is 0. The van der Waals surface area contributed by atoms with E-state index in [-0.39, 0.29) is 7.43 Å². The molecule has 43 valence electrons. The highest BCUT2D eigenvalue weighted by molar-refractivity contribution is 4.69. The van der Waals surface area contributed by atoms with Gasteiger partial charge in [-0.1, -0.05) is 39.5 Å². The average molecular weight is 99.2 g/mol. The van der Waals surface area contributed by atoms with Crippen LogP contribution in [0.5, 0.6) is 0 Å². The van der Waals surface area contributed by atoms with Gasteiger partial charge < -0.3 is 0 Å². The van der Waals surface area contributed by atoms with Gasteiger partial charge in [-0.2, -0.15) is 0 Å². The van der Waals surface area contributed by atoms with Crippen molar-refractivity contribution in [2.45, 2.75) is 39.5 Å². The van der Waals surface area contributed by atoms with Crippen LogP contribution in [0.15, 0.2) is 0 Å². The van der Waals surface area contributed by atoms with Crippen LogP contribution in [-0.4, -0.2) is 0 Å². The van der Waals surface area contributed by atoms with Crippen LogP contribution in [0.2, 0.25) is 0 Å². The Hall–Kier alpha value is 0. The quantitative estimate of drug-likeness (QED) is 0.438. The van der Waals surface area contributed by atoms with Crippen molar-refractivity contribution >= 4 is 0 Å². The zero-order valence-corrected chi connectivity index (χ0v) is 4.11. The Morgan fingerprint density at radius 3 is 1.57 bits per heavy atom. The van der Waals surface area contributed by atoms with Gasteiger partial charge in [0.1, 0.15) is 0 Å². The Labute approximate surface area is 46.9 Å². The summed E-state index contributed by atoms with van der Waals surface area (Å²) < 4.78 is 0. The van der Waals surface area contributed by atoms with Gasteiger partial charge in [0.25, 0.3) is 0 Å². The van der Waals surface area contributed by atoms with Crippen LogP contribution >= 0.6 is 0 Å². The number of hydrogen-bond acceptors (Lipinski definition) is 0. The molecule has 1 rings (SSSR count). The van der Waals surface area contributed by atoms with Gasteiger partial charge in [0.2, 0.25) is 0 Å². The summed E-state index contributed by atoms with van der Waals surface area (Å²) in [7, 11) is 0. The van der Waals surface area contributed by atoms with Crippen molar-refractivity contribution in [1.82, 2.24) is 0 Å². The molecule has 0 aromatic carbocycles. The maximum Gasteiger partial charge on any atom is -0.0386 e. The van der Waals surface area contributed by atoms with E-state index in [4.69, 9.17) is 0 Å². The molecule has 7 heavy (non-hydrogen) atoms. The largest absolute Gasteiger partial charge is 0.0776 e. The van der Waals surface area contributed by atoms with Crippen LogP contribution in [-0.2, 0) is 0 Å². The maximum absolute atomic E-state index is 2.39. The molecule has 0 heteroatoms. The topological polar surface area (TPSA) is 0 Å². The smallest absolute Gasteiger partial charge is 0.0386 e. The Kier molecular flexibility index (Phi) is 4.17. The summed E-state index contributed by atoms with van der Waals surface area (Å²) in [6.45, 7) is 0. The van der Waals surface area contributed by atoms with E-state index >= 15 is 0 Å². The SMILES string of the molecule is C.[CH]1CCCCC1. The molecule has 1 aliphatic rings. The van der Waals surface area contributed by atoms with Crippen LogP contribution in [0.3, 0.4) is 0 Å². The minimum absolute atomic E-state index is 0. The Morgan fingerprint density at radius 2 is 1.43 bits per heavy atom. The van der Waals surface area contributed by atoms with Crippen molar-refractivity contribution in [1.29, 1.82) is 0 Å². The van der Waals surface area contributed by atoms with Gasteiger partial charge in [-0.15, -0.1) is 0 Å². The molecule has 1 saturated carbocycles. The lowest BCUT2D eigenvalue weighted by atomic mass is 10.0. The predicted molar refractivity (Wildman–Crippen MR) is 34.1 cm³/mol. The first-order chi connectivity index (χ1) is 3.00. The second-order valence-electron chi connectivity index (χ2n) is 1.93. The molecule has 0 atom stereocenters. The van der Waals surface area contributed by atoms with E-state index in [1.807, 2.05) is 0 Å². The Morgan fingerprint density at radius 1 is 0.857 bits per heavy atom. The molecule has 0 spiro atoms. The molecule has 0 aliphatic heterocycles. The highest BCUT2D eigenvalue weighted by atomic mass is 14.0. The van der Waals surface area contributed by atoms with Gasteiger partial charge >= 0.3 is 0 Å². The first-order valence-electron chi connectivity index (χ1n) is 2.82. The van der Waals surface area contributed by atoms with E-state index in [1.165, 1.54) is 32.1 Å². The van der Waals surface area contributed by atoms with Gasteiger partial charge in [-0.25, -0.2) is 0 Å². The molecule has 0 nitrogen and oxygen atoms in total. The maximum atomic E-state index is 2.39. The van der Waals surface area contributed by atoms with E-state index in [9.17, 15) is 0 Å². The van der Waals surface area contributed by atoms with Crippen molar-refractivity contribution in [2.75, 3.05) is 0 Å². The second-order valence-corrected chi connectivity index (χ2v) is 1.93. The monoisotopic (exact) mass is 99.1 g/mol. The molecular formula is C7H15. The second kappa shape index (κ2) is 4.17. The summed E-state index contributed by atoms with van der Waals surface area (Å²) in [6, 6.07) is 0. The lowest BCUT2D eigenvalue weighted by Gasteiger charge is -2.05. The lowest BCUT2D eigenvalue weighted by molar-refractivity contribution is 0.593. The standard InChI is InChI=1S/C6H11.CH4/c1-2-4-6-5-3-1;/h1H,2-6H2;1H4. The van der Waals surface area contributed by atoms with Crippen LogP contribution in [0.25, 0.3) is 0 Å². The highest BCUT2D eigenvalue weighted by Gasteiger charge is 1.95. The average Bonchev–Trinajstić information content (AvgIpc) is 1.72. The molecule has 0 N–H and O–H groups in total. The molecule has 0 aromatic rings. The third kappa shape index (κ3) is 2.67. The van der Waals surface area contributed by atoms with Crippen molar-refractivity contribution in [3.05, 3.63) is 6.42 Å². The minimum Gasteiger partial charge on any atom is -0.0776 e. The third-order valence-electron chi connectivity index (χ3n) is 1.32. The summed E-state index contributed by atoms with van der Waals surface area (Å²) in [5.41, 5.74) is 0. The fourth-order valence-electron chi connectivity index (χ4n) is 0.898. The van der Waals surface area contributed by atoms with E-state index in [0.29, 0.717) is 0 Å². The first-order valence-corrected chi connectivity index (χ1v) is 2.82. The number of rotatable bonds is 0. The molecule has 0 amide bonds. The van der Waals surface area contributed by atoms with Crippen molar-refractivity contribution in [2.24, 2.45) is 0 Å². The summed E-state index contributed by atoms with van der Waals surface area (Å²) in [4.78, 5) is 0. The van der Waals surface area contributed by atoms with Crippen molar-refractivity contribution in [3.63, 3.8) is 0 Å². The summed E-state index contributed by atoms with van der Waals surface area (Å²) >= 11 is 0. The summed E-state index contributed by atoms with van der Waals surface area (Å²) in [6.07, 6.45) is 9.50. The molecular weight excluding hydrogens is 84.1 g/mol. The number of hydrogen-bond donors (Lipinski definition) is 0. The zero-order chi connectivity index (χ0) is 4.24. The third-order valence-corrected chi connectivity index (χ3v) is 1.32. The van der Waals surface area contributed by atoms with Gasteiger partial charge in [0, 0.05) is 0 Å². The fourth-order valence-corrected chi connectivity index (χ4v) is 0.898. The van der Waals surface area contributed by atoms with Crippen LogP contribution in [0.4, 0.5) is 0 Å². The molecule has 0 unspecified atom stereocenters. The molecule has 1 radical (unpaired) electrons. The molecule has 1 aliphatic carbocycles. The van der Waals surface area contributed by atoms with Crippen LogP contribution < -0.4 is 0 Å². The van der Waals surface area contributed by atoms with Gasteiger partial charge in [-0.05, 0) is 6.42 Å². The Balaban J connectivity index is 0.000000360.